The summed E-state index contributed by atoms with van der Waals surface area (Å²) in [7, 11) is 1.62. The first-order valence-electron chi connectivity index (χ1n) is 17.0. The lowest BCUT2D eigenvalue weighted by atomic mass is 9.98. The molecule has 3 aromatic carbocycles. The van der Waals surface area contributed by atoms with E-state index < -0.39 is 24.0 Å². The van der Waals surface area contributed by atoms with Gasteiger partial charge in [0.05, 0.1) is 7.11 Å². The highest BCUT2D eigenvalue weighted by atomic mass is 16.5. The Labute approximate surface area is 288 Å². The summed E-state index contributed by atoms with van der Waals surface area (Å²) < 4.78 is 5.31. The third-order valence-electron chi connectivity index (χ3n) is 8.94. The summed E-state index contributed by atoms with van der Waals surface area (Å²) in [6.45, 7) is 3.31. The van der Waals surface area contributed by atoms with Crippen molar-refractivity contribution in [1.29, 1.82) is 0 Å². The molecule has 1 saturated heterocycles. The molecule has 0 radical (unpaired) electrons. The molecule has 11 heteroatoms. The fourth-order valence-corrected chi connectivity index (χ4v) is 6.24. The molecular weight excluding hydrogens is 618 g/mol. The molecule has 0 bridgehead atoms. The fourth-order valence-electron chi connectivity index (χ4n) is 6.24. The molecule has 2 atom stereocenters. The predicted molar refractivity (Wildman–Crippen MR) is 193 cm³/mol. The number of rotatable bonds is 15. The van der Waals surface area contributed by atoms with Crippen LogP contribution in [0.5, 0.6) is 5.75 Å². The molecule has 49 heavy (non-hydrogen) atoms. The first-order valence-corrected chi connectivity index (χ1v) is 17.0. The number of ether oxygens (including phenoxy) is 1. The standard InChI is InChI=1S/C38H47N7O4/c1-49-32-12-6-8-28(26-32)15-21-41-38(48)43-35(27-30-11-7-10-29-9-2-3-13-33(29)30)36(46)42-34(14-4-5-18-39)37(47)45-24-22-44(23-25-45)31-16-19-40-20-17-31/h2-3,6-13,16-17,19-20,26,34-35H,4-5,14-15,18,21-25,27,39H2,1H3,(H,42,46)(H2,41,43,48)/t34-,35+/m0/s1. The van der Waals surface area contributed by atoms with Crippen molar-refractivity contribution in [1.82, 2.24) is 25.8 Å². The van der Waals surface area contributed by atoms with Gasteiger partial charge in [0, 0.05) is 57.2 Å². The second-order valence-electron chi connectivity index (χ2n) is 12.3. The number of amides is 4. The summed E-state index contributed by atoms with van der Waals surface area (Å²) >= 11 is 0. The number of urea groups is 1. The van der Waals surface area contributed by atoms with Gasteiger partial charge in [0.1, 0.15) is 17.8 Å². The molecule has 5 rings (SSSR count). The van der Waals surface area contributed by atoms with E-state index in [2.05, 4.69) is 25.8 Å². The maximum Gasteiger partial charge on any atom is 0.315 e. The van der Waals surface area contributed by atoms with Crippen LogP contribution >= 0.6 is 0 Å². The Morgan fingerprint density at radius 3 is 2.41 bits per heavy atom. The van der Waals surface area contributed by atoms with Crippen LogP contribution in [0.2, 0.25) is 0 Å². The number of aromatic nitrogens is 1. The Morgan fingerprint density at radius 2 is 1.63 bits per heavy atom. The van der Waals surface area contributed by atoms with Crippen molar-refractivity contribution in [2.45, 2.75) is 44.2 Å². The van der Waals surface area contributed by atoms with Crippen molar-refractivity contribution < 1.29 is 19.1 Å². The van der Waals surface area contributed by atoms with E-state index >= 15 is 0 Å². The van der Waals surface area contributed by atoms with Crippen LogP contribution in [0.1, 0.15) is 30.4 Å². The molecule has 0 aliphatic carbocycles. The number of hydrogen-bond donors (Lipinski definition) is 4. The van der Waals surface area contributed by atoms with Gasteiger partial charge in [-0.05, 0) is 78.4 Å². The normalized spacial score (nSPS) is 14.2. The average Bonchev–Trinajstić information content (AvgIpc) is 3.14. The van der Waals surface area contributed by atoms with Crippen molar-refractivity contribution in [3.63, 3.8) is 0 Å². The van der Waals surface area contributed by atoms with Crippen molar-refractivity contribution in [3.05, 3.63) is 102 Å². The minimum Gasteiger partial charge on any atom is -0.497 e. The van der Waals surface area contributed by atoms with E-state index in [1.54, 1.807) is 19.5 Å². The van der Waals surface area contributed by atoms with Crippen molar-refractivity contribution >= 4 is 34.3 Å². The van der Waals surface area contributed by atoms with Gasteiger partial charge in [-0.3, -0.25) is 14.6 Å². The number of carbonyl (C=O) groups excluding carboxylic acids is 3. The molecule has 0 spiro atoms. The minimum absolute atomic E-state index is 0.119. The van der Waals surface area contributed by atoms with Gasteiger partial charge in [-0.1, -0.05) is 54.6 Å². The maximum atomic E-state index is 14.1. The summed E-state index contributed by atoms with van der Waals surface area (Å²) in [6, 6.07) is 23.4. The summed E-state index contributed by atoms with van der Waals surface area (Å²) in [6.07, 6.45) is 6.26. The predicted octanol–water partition coefficient (Wildman–Crippen LogP) is 3.66. The van der Waals surface area contributed by atoms with Crippen LogP contribution in [0.15, 0.2) is 91.3 Å². The van der Waals surface area contributed by atoms with E-state index in [-0.39, 0.29) is 12.3 Å². The first-order chi connectivity index (χ1) is 23.9. The topological polar surface area (TPSA) is 142 Å². The zero-order valence-electron chi connectivity index (χ0n) is 28.1. The van der Waals surface area contributed by atoms with Crippen LogP contribution in [-0.2, 0) is 22.4 Å². The smallest absolute Gasteiger partial charge is 0.315 e. The average molecular weight is 666 g/mol. The van der Waals surface area contributed by atoms with Gasteiger partial charge in [0.25, 0.3) is 0 Å². The largest absolute Gasteiger partial charge is 0.497 e. The molecule has 4 aromatic rings. The Balaban J connectivity index is 1.28. The van der Waals surface area contributed by atoms with Crippen LogP contribution in [-0.4, -0.2) is 86.2 Å². The Hall–Kier alpha value is -5.16. The monoisotopic (exact) mass is 665 g/mol. The maximum absolute atomic E-state index is 14.1. The van der Waals surface area contributed by atoms with E-state index in [0.29, 0.717) is 58.5 Å². The van der Waals surface area contributed by atoms with Gasteiger partial charge in [0.2, 0.25) is 11.8 Å². The van der Waals surface area contributed by atoms with E-state index in [4.69, 9.17) is 10.5 Å². The quantitative estimate of drug-likeness (QED) is 0.142. The summed E-state index contributed by atoms with van der Waals surface area (Å²) in [5.74, 6) is 0.226. The second-order valence-corrected chi connectivity index (χ2v) is 12.3. The number of nitrogens with one attached hydrogen (secondary N) is 3. The minimum atomic E-state index is -0.920. The molecule has 2 heterocycles. The molecule has 1 aromatic heterocycles. The molecule has 1 aliphatic rings. The molecule has 0 unspecified atom stereocenters. The Morgan fingerprint density at radius 1 is 0.878 bits per heavy atom. The Kier molecular flexibility index (Phi) is 12.8. The van der Waals surface area contributed by atoms with Crippen LogP contribution in [0.25, 0.3) is 10.8 Å². The van der Waals surface area contributed by atoms with Gasteiger partial charge in [-0.2, -0.15) is 0 Å². The van der Waals surface area contributed by atoms with Gasteiger partial charge in [-0.25, -0.2) is 4.79 Å². The number of piperazine rings is 1. The first kappa shape index (κ1) is 35.2. The van der Waals surface area contributed by atoms with E-state index in [9.17, 15) is 14.4 Å². The molecule has 5 N–H and O–H groups in total. The fraction of sp³-hybridized carbons (Fsp3) is 0.368. The lowest BCUT2D eigenvalue weighted by Crippen LogP contribution is -2.58. The summed E-state index contributed by atoms with van der Waals surface area (Å²) in [4.78, 5) is 49.4. The number of unbranched alkanes of at least 4 members (excludes halogenated alkanes) is 1. The van der Waals surface area contributed by atoms with E-state index in [0.717, 1.165) is 39.8 Å². The number of carbonyl (C=O) groups is 3. The number of methoxy groups -OCH3 is 1. The number of fused-ring (bicyclic) bond motifs is 1. The van der Waals surface area contributed by atoms with Gasteiger partial charge >= 0.3 is 6.03 Å². The van der Waals surface area contributed by atoms with Crippen LogP contribution < -0.4 is 31.3 Å². The zero-order chi connectivity index (χ0) is 34.4. The molecule has 1 aliphatic heterocycles. The third-order valence-corrected chi connectivity index (χ3v) is 8.94. The molecular formula is C38H47N7O4. The zero-order valence-corrected chi connectivity index (χ0v) is 28.1. The molecule has 11 nitrogen and oxygen atoms in total. The number of hydrogen-bond acceptors (Lipinski definition) is 7. The highest BCUT2D eigenvalue weighted by Gasteiger charge is 2.31. The van der Waals surface area contributed by atoms with Crippen LogP contribution in [0.3, 0.4) is 0 Å². The lowest BCUT2D eigenvalue weighted by Gasteiger charge is -2.37. The number of nitrogens with zero attached hydrogens (tertiary/aromatic N) is 3. The van der Waals surface area contributed by atoms with Crippen molar-refractivity contribution in [3.8, 4) is 5.75 Å². The molecule has 0 saturated carbocycles. The summed E-state index contributed by atoms with van der Waals surface area (Å²) in [5.41, 5.74) is 8.79. The van der Waals surface area contributed by atoms with Crippen LogP contribution in [0, 0.1) is 0 Å². The van der Waals surface area contributed by atoms with Crippen LogP contribution in [0.4, 0.5) is 10.5 Å². The van der Waals surface area contributed by atoms with Crippen molar-refractivity contribution in [2.24, 2.45) is 5.73 Å². The number of pyridine rings is 1. The molecule has 1 fully saturated rings. The summed E-state index contributed by atoms with van der Waals surface area (Å²) in [5, 5.41) is 10.9. The van der Waals surface area contributed by atoms with E-state index in [1.807, 2.05) is 83.8 Å². The number of nitrogens with two attached hydrogens (primary N) is 1. The van der Waals surface area contributed by atoms with Crippen molar-refractivity contribution in [2.75, 3.05) is 51.3 Å². The lowest BCUT2D eigenvalue weighted by molar-refractivity contribution is -0.137. The van der Waals surface area contributed by atoms with Gasteiger partial charge < -0.3 is 36.2 Å². The second kappa shape index (κ2) is 17.8. The SMILES string of the molecule is COc1cccc(CCNC(=O)N[C@H](Cc2cccc3ccccc23)C(=O)N[C@@H](CCCCN)C(=O)N2CCN(c3ccncc3)CC2)c1. The highest BCUT2D eigenvalue weighted by molar-refractivity contribution is 5.93. The third kappa shape index (κ3) is 9.93. The highest BCUT2D eigenvalue weighted by Crippen LogP contribution is 2.21. The van der Waals surface area contributed by atoms with Gasteiger partial charge in [0.15, 0.2) is 0 Å². The number of benzene rings is 3. The number of anilines is 1. The molecule has 258 valence electrons. The molecule has 4 amide bonds. The van der Waals surface area contributed by atoms with E-state index in [1.165, 1.54) is 0 Å². The Bertz CT molecular complexity index is 1670. The van der Waals surface area contributed by atoms with Gasteiger partial charge in [-0.15, -0.1) is 0 Å².